The van der Waals surface area contributed by atoms with Crippen LogP contribution in [-0.4, -0.2) is 61.8 Å². The van der Waals surface area contributed by atoms with Gasteiger partial charge in [-0.15, -0.1) is 0 Å². The van der Waals surface area contributed by atoms with Crippen LogP contribution in [0.1, 0.15) is 23.7 Å². The van der Waals surface area contributed by atoms with Crippen LogP contribution in [0.2, 0.25) is 10.0 Å². The molecule has 0 bridgehead atoms. The van der Waals surface area contributed by atoms with E-state index < -0.39 is 0 Å². The minimum atomic E-state index is -0.119. The van der Waals surface area contributed by atoms with E-state index in [-0.39, 0.29) is 23.5 Å². The summed E-state index contributed by atoms with van der Waals surface area (Å²) in [5.74, 6) is 0.406. The first kappa shape index (κ1) is 22.6. The predicted molar refractivity (Wildman–Crippen MR) is 130 cm³/mol. The monoisotopic (exact) mass is 500 g/mol. The molecule has 10 nitrogen and oxygen atoms in total. The summed E-state index contributed by atoms with van der Waals surface area (Å²) < 4.78 is 6.68. The molecule has 1 aliphatic rings. The number of aryl methyl sites for hydroxylation is 1. The Kier molecular flexibility index (Phi) is 5.88. The molecule has 0 spiro atoms. The summed E-state index contributed by atoms with van der Waals surface area (Å²) in [5, 5.41) is 11.8. The van der Waals surface area contributed by atoms with Gasteiger partial charge in [-0.25, -0.2) is 9.61 Å². The number of carbonyl (C=O) groups excluding carboxylic acids is 1. The lowest BCUT2D eigenvalue weighted by atomic mass is 10.1. The highest BCUT2D eigenvalue weighted by atomic mass is 35.5. The maximum Gasteiger partial charge on any atom is 0.257 e. The number of likely N-dealkylation sites (N-methyl/N-ethyl adjacent to an activating group) is 1. The Balaban J connectivity index is 1.77. The second-order valence-electron chi connectivity index (χ2n) is 8.05. The van der Waals surface area contributed by atoms with E-state index >= 15 is 0 Å². The van der Waals surface area contributed by atoms with Crippen molar-refractivity contribution in [3.63, 3.8) is 0 Å². The first-order valence-corrected chi connectivity index (χ1v) is 11.6. The predicted octanol–water partition coefficient (Wildman–Crippen LogP) is 3.49. The fourth-order valence-electron chi connectivity index (χ4n) is 4.36. The van der Waals surface area contributed by atoms with Gasteiger partial charge in [0.1, 0.15) is 5.52 Å². The zero-order valence-electron chi connectivity index (χ0n) is 18.5. The van der Waals surface area contributed by atoms with Crippen molar-refractivity contribution in [2.45, 2.75) is 25.9 Å². The van der Waals surface area contributed by atoms with Gasteiger partial charge in [0.05, 0.1) is 21.8 Å². The number of nitrogens with two attached hydrogens (primary N) is 1. The molecule has 1 aliphatic heterocycles. The quantitative estimate of drug-likeness (QED) is 0.426. The third-order valence-electron chi connectivity index (χ3n) is 6.11. The molecule has 1 amide bonds. The first-order chi connectivity index (χ1) is 16.4. The number of nitrogens with one attached hydrogen (secondary N) is 1. The van der Waals surface area contributed by atoms with Crippen LogP contribution < -0.4 is 11.1 Å². The third kappa shape index (κ3) is 3.67. The highest BCUT2D eigenvalue weighted by Gasteiger charge is 2.31. The average molecular weight is 501 g/mol. The molecule has 0 aliphatic carbocycles. The Morgan fingerprint density at radius 3 is 2.79 bits per heavy atom. The second kappa shape index (κ2) is 8.86. The van der Waals surface area contributed by atoms with E-state index in [1.807, 2.05) is 23.4 Å². The number of hydrogen-bond acceptors (Lipinski definition) is 8. The minimum Gasteiger partial charge on any atom is -0.379 e. The molecule has 12 heteroatoms. The molecule has 176 valence electrons. The van der Waals surface area contributed by atoms with Gasteiger partial charge in [-0.3, -0.25) is 9.78 Å². The molecule has 5 rings (SSSR count). The van der Waals surface area contributed by atoms with Crippen LogP contribution in [-0.2, 0) is 6.54 Å². The number of likely N-dealkylation sites (tertiary alicyclic amines) is 1. The average Bonchev–Trinajstić information content (AvgIpc) is 3.57. The molecule has 1 aromatic carbocycles. The van der Waals surface area contributed by atoms with Gasteiger partial charge < -0.3 is 20.5 Å². The second-order valence-corrected chi connectivity index (χ2v) is 8.89. The van der Waals surface area contributed by atoms with Crippen molar-refractivity contribution in [3.8, 4) is 22.8 Å². The topological polar surface area (TPSA) is 128 Å². The molecule has 3 N–H and O–H groups in total. The van der Waals surface area contributed by atoms with Crippen molar-refractivity contribution in [1.82, 2.24) is 35.1 Å². The molecule has 1 unspecified atom stereocenters. The van der Waals surface area contributed by atoms with E-state index in [9.17, 15) is 4.79 Å². The zero-order chi connectivity index (χ0) is 24.0. The minimum absolute atomic E-state index is 0.101. The number of aromatic nitrogens is 5. The smallest absolute Gasteiger partial charge is 0.257 e. The number of benzene rings is 1. The van der Waals surface area contributed by atoms with Gasteiger partial charge in [0, 0.05) is 42.5 Å². The molecule has 4 heterocycles. The van der Waals surface area contributed by atoms with Crippen LogP contribution in [0, 0.1) is 0 Å². The number of fused-ring (bicyclic) bond motifs is 1. The van der Waals surface area contributed by atoms with E-state index in [1.165, 1.54) is 0 Å². The summed E-state index contributed by atoms with van der Waals surface area (Å²) >= 11 is 12.8. The summed E-state index contributed by atoms with van der Waals surface area (Å²) in [4.78, 5) is 24.9. The lowest BCUT2D eigenvalue weighted by Crippen LogP contribution is -2.33. The van der Waals surface area contributed by atoms with Crippen LogP contribution >= 0.6 is 23.2 Å². The number of amides is 1. The molecule has 0 saturated carbocycles. The van der Waals surface area contributed by atoms with Gasteiger partial charge in [0.25, 0.3) is 5.91 Å². The molecular formula is C22H22Cl2N8O2. The molecule has 0 radical (unpaired) electrons. The van der Waals surface area contributed by atoms with Crippen LogP contribution in [0.15, 0.2) is 29.0 Å². The zero-order valence-corrected chi connectivity index (χ0v) is 20.1. The van der Waals surface area contributed by atoms with Crippen molar-refractivity contribution in [1.29, 1.82) is 0 Å². The van der Waals surface area contributed by atoms with Gasteiger partial charge in [-0.2, -0.15) is 0 Å². The van der Waals surface area contributed by atoms with Crippen LogP contribution in [0.5, 0.6) is 0 Å². The largest absolute Gasteiger partial charge is 0.379 e. The van der Waals surface area contributed by atoms with E-state index in [0.29, 0.717) is 63.4 Å². The van der Waals surface area contributed by atoms with Crippen molar-refractivity contribution in [2.24, 2.45) is 0 Å². The summed E-state index contributed by atoms with van der Waals surface area (Å²) in [6.07, 6.45) is 2.46. The van der Waals surface area contributed by atoms with E-state index in [4.69, 9.17) is 38.5 Å². The highest BCUT2D eigenvalue weighted by molar-refractivity contribution is 6.35. The Morgan fingerprint density at radius 1 is 1.29 bits per heavy atom. The number of nitrogens with zero attached hydrogens (tertiary/aromatic N) is 6. The molecule has 34 heavy (non-hydrogen) atoms. The third-order valence-corrected chi connectivity index (χ3v) is 6.67. The molecule has 1 atom stereocenters. The number of nitrogen functional groups attached to an aromatic ring is 1. The normalized spacial score (nSPS) is 16.0. The number of anilines is 1. The van der Waals surface area contributed by atoms with Gasteiger partial charge >= 0.3 is 0 Å². The Morgan fingerprint density at radius 2 is 2.12 bits per heavy atom. The van der Waals surface area contributed by atoms with Crippen molar-refractivity contribution in [3.05, 3.63) is 40.0 Å². The number of hydrogen-bond donors (Lipinski definition) is 2. The first-order valence-electron chi connectivity index (χ1n) is 10.8. The number of halogens is 2. The summed E-state index contributed by atoms with van der Waals surface area (Å²) in [6.45, 7) is 3.71. The van der Waals surface area contributed by atoms with Gasteiger partial charge in [-0.1, -0.05) is 23.2 Å². The van der Waals surface area contributed by atoms with E-state index in [0.717, 1.165) is 6.42 Å². The number of rotatable bonds is 5. The Hall–Kier alpha value is -3.21. The SMILES string of the molecule is CCn1c(-c2nonc2N)nc2c(-c3cc(Cl)ccc3Cl)ncc(C(=O)N3CCC(NC)C3)c21. The number of pyridine rings is 1. The summed E-state index contributed by atoms with van der Waals surface area (Å²) in [5.41, 5.74) is 8.90. The Labute approximate surface area is 205 Å². The molecular weight excluding hydrogens is 479 g/mol. The fourth-order valence-corrected chi connectivity index (χ4v) is 4.74. The summed E-state index contributed by atoms with van der Waals surface area (Å²) in [6, 6.07) is 5.38. The maximum absolute atomic E-state index is 13.6. The lowest BCUT2D eigenvalue weighted by molar-refractivity contribution is 0.0791. The number of imidazole rings is 1. The standard InChI is InChI=1S/C22H22Cl2N8O2/c1-3-32-19-14(22(33)31-7-6-12(10-31)26-2)9-27-16(13-8-11(23)4-5-15(13)24)17(19)28-21(32)18-20(25)30-34-29-18/h4-5,8-9,12,26H,3,6-7,10H2,1-2H3,(H2,25,30). The van der Waals surface area contributed by atoms with Gasteiger partial charge in [0.15, 0.2) is 17.3 Å². The van der Waals surface area contributed by atoms with Crippen molar-refractivity contribution < 1.29 is 9.42 Å². The van der Waals surface area contributed by atoms with Crippen LogP contribution in [0.3, 0.4) is 0 Å². The molecule has 1 fully saturated rings. The van der Waals surface area contributed by atoms with Gasteiger partial charge in [-0.05, 0) is 48.9 Å². The highest BCUT2D eigenvalue weighted by Crippen LogP contribution is 2.37. The van der Waals surface area contributed by atoms with Crippen LogP contribution in [0.25, 0.3) is 33.8 Å². The molecule has 4 aromatic rings. The summed E-state index contributed by atoms with van der Waals surface area (Å²) in [7, 11) is 1.90. The van der Waals surface area contributed by atoms with E-state index in [1.54, 1.807) is 24.4 Å². The lowest BCUT2D eigenvalue weighted by Gasteiger charge is -2.18. The van der Waals surface area contributed by atoms with E-state index in [2.05, 4.69) is 20.6 Å². The fraction of sp³-hybridized carbons (Fsp3) is 0.318. The van der Waals surface area contributed by atoms with Crippen LogP contribution in [0.4, 0.5) is 5.82 Å². The van der Waals surface area contributed by atoms with Crippen molar-refractivity contribution in [2.75, 3.05) is 25.9 Å². The Bertz CT molecular complexity index is 1400. The maximum atomic E-state index is 13.6. The molecule has 1 saturated heterocycles. The van der Waals surface area contributed by atoms with Gasteiger partial charge in [0.2, 0.25) is 0 Å². The molecule has 3 aromatic heterocycles. The van der Waals surface area contributed by atoms with Crippen molar-refractivity contribution >= 4 is 46.0 Å². The number of carbonyl (C=O) groups is 1.